The highest BCUT2D eigenvalue weighted by Crippen LogP contribution is 2.36. The number of anilines is 2. The number of aromatic nitrogens is 1. The summed E-state index contributed by atoms with van der Waals surface area (Å²) in [4.78, 5) is 19.6. The van der Waals surface area contributed by atoms with Gasteiger partial charge in [0.2, 0.25) is 5.91 Å². The van der Waals surface area contributed by atoms with Crippen molar-refractivity contribution in [1.29, 1.82) is 5.26 Å². The molecule has 2 heterocycles. The van der Waals surface area contributed by atoms with Gasteiger partial charge in [0.05, 0.1) is 22.5 Å². The van der Waals surface area contributed by atoms with Gasteiger partial charge in [-0.25, -0.2) is 13.4 Å². The van der Waals surface area contributed by atoms with E-state index < -0.39 is 15.4 Å². The minimum absolute atomic E-state index is 0.115. The molecule has 1 aromatic carbocycles. The number of nitriles is 1. The molecule has 2 N–H and O–H groups in total. The fourth-order valence-electron chi connectivity index (χ4n) is 5.80. The van der Waals surface area contributed by atoms with Crippen LogP contribution in [0.25, 0.3) is 10.4 Å². The Hall–Kier alpha value is -2.64. The summed E-state index contributed by atoms with van der Waals surface area (Å²) in [6, 6.07) is 11.1. The van der Waals surface area contributed by atoms with Gasteiger partial charge < -0.3 is 15.5 Å². The summed E-state index contributed by atoms with van der Waals surface area (Å²) in [5.41, 5.74) is 1.77. The van der Waals surface area contributed by atoms with Gasteiger partial charge in [0.25, 0.3) is 0 Å². The minimum Gasteiger partial charge on any atom is -0.369 e. The average molecular weight is 584 g/mol. The first-order valence-electron chi connectivity index (χ1n) is 14.9. The molecule has 2 aromatic rings. The van der Waals surface area contributed by atoms with E-state index in [1.54, 1.807) is 11.3 Å². The lowest BCUT2D eigenvalue weighted by Crippen LogP contribution is -2.40. The lowest BCUT2D eigenvalue weighted by molar-refractivity contribution is -0.126. The van der Waals surface area contributed by atoms with Crippen molar-refractivity contribution in [2.24, 2.45) is 5.92 Å². The van der Waals surface area contributed by atoms with Crippen LogP contribution < -0.4 is 15.5 Å². The molecular weight excluding hydrogens is 542 g/mol. The van der Waals surface area contributed by atoms with E-state index in [1.165, 1.54) is 38.5 Å². The van der Waals surface area contributed by atoms with Crippen molar-refractivity contribution in [1.82, 2.24) is 10.3 Å². The van der Waals surface area contributed by atoms with Gasteiger partial charge in [-0.15, -0.1) is 0 Å². The lowest BCUT2D eigenvalue weighted by Gasteiger charge is -2.28. The van der Waals surface area contributed by atoms with E-state index >= 15 is 0 Å². The number of sulfone groups is 1. The third-order valence-electron chi connectivity index (χ3n) is 8.60. The zero-order valence-electron chi connectivity index (χ0n) is 23.2. The maximum absolute atomic E-state index is 11.8. The van der Waals surface area contributed by atoms with Crippen LogP contribution in [0.15, 0.2) is 30.5 Å². The molecule has 0 atom stereocenters. The van der Waals surface area contributed by atoms with Crippen LogP contribution in [0.1, 0.15) is 77.0 Å². The van der Waals surface area contributed by atoms with Gasteiger partial charge in [-0.2, -0.15) is 5.26 Å². The number of thiazole rings is 1. The molecule has 0 radical (unpaired) electrons. The van der Waals surface area contributed by atoms with Crippen molar-refractivity contribution < 1.29 is 13.2 Å². The molecule has 8 nitrogen and oxygen atoms in total. The van der Waals surface area contributed by atoms with Crippen LogP contribution in [0, 0.1) is 17.2 Å². The third-order valence-corrected chi connectivity index (χ3v) is 11.2. The van der Waals surface area contributed by atoms with E-state index in [1.807, 2.05) is 6.20 Å². The highest BCUT2D eigenvalue weighted by atomic mass is 32.2. The molecule has 216 valence electrons. The van der Waals surface area contributed by atoms with E-state index in [9.17, 15) is 13.2 Å². The lowest BCUT2D eigenvalue weighted by atomic mass is 9.88. The predicted octanol–water partition coefficient (Wildman–Crippen LogP) is 5.53. The summed E-state index contributed by atoms with van der Waals surface area (Å²) >= 11 is 1.71. The number of nitrogens with zero attached hydrogens (tertiary/aromatic N) is 3. The number of rotatable bonds is 6. The summed E-state index contributed by atoms with van der Waals surface area (Å²) in [6.45, 7) is 1.16. The average Bonchev–Trinajstić information content (AvgIpc) is 3.61. The number of carbonyl (C=O) groups excluding carboxylic acids is 1. The van der Waals surface area contributed by atoms with E-state index in [-0.39, 0.29) is 23.3 Å². The van der Waals surface area contributed by atoms with Gasteiger partial charge >= 0.3 is 0 Å². The quantitative estimate of drug-likeness (QED) is 0.460. The Labute approximate surface area is 242 Å². The Morgan fingerprint density at radius 2 is 1.60 bits per heavy atom. The van der Waals surface area contributed by atoms with Crippen molar-refractivity contribution in [2.45, 2.75) is 88.6 Å². The van der Waals surface area contributed by atoms with Gasteiger partial charge in [-0.05, 0) is 56.2 Å². The highest BCUT2D eigenvalue weighted by Gasteiger charge is 2.45. The standard InChI is InChI=1S/C19H25N3O2S2.C11H16N2O/c23-26(24)12-10-22(11-13-26)17-8-6-15(7-9-17)18-14-20-19(25-18)21-16-4-2-1-3-5-16;12-8-11(6-7-11)13-10(14)9-4-2-1-3-5-9/h6-9,14,16H,1-5,10-13H2,(H,20,21);9H,1-7H2,(H,13,14). The second-order valence-electron chi connectivity index (χ2n) is 11.7. The monoisotopic (exact) mass is 583 g/mol. The Kier molecular flexibility index (Phi) is 9.31. The highest BCUT2D eigenvalue weighted by molar-refractivity contribution is 7.91. The van der Waals surface area contributed by atoms with Gasteiger partial charge in [0.1, 0.15) is 5.54 Å². The molecule has 1 aromatic heterocycles. The summed E-state index contributed by atoms with van der Waals surface area (Å²) in [7, 11) is -2.84. The molecular formula is C30H41N5O3S2. The molecule has 0 spiro atoms. The van der Waals surface area contributed by atoms with Crippen LogP contribution in [0.3, 0.4) is 0 Å². The Morgan fingerprint density at radius 1 is 0.975 bits per heavy atom. The van der Waals surface area contributed by atoms with Crippen LogP contribution in [0.5, 0.6) is 0 Å². The van der Waals surface area contributed by atoms with Gasteiger partial charge in [-0.1, -0.05) is 62.0 Å². The van der Waals surface area contributed by atoms with Gasteiger partial charge in [0, 0.05) is 36.9 Å². The van der Waals surface area contributed by atoms with Crippen LogP contribution in [-0.2, 0) is 14.6 Å². The minimum atomic E-state index is -2.84. The Bertz CT molecular complexity index is 1270. The molecule has 1 aliphatic heterocycles. The molecule has 10 heteroatoms. The summed E-state index contributed by atoms with van der Waals surface area (Å²) in [6.07, 6.45) is 15.7. The number of amides is 1. The SMILES string of the molecule is N#CC1(NC(=O)C2CCCCC2)CC1.O=S1(=O)CCN(c2ccc(-c3cnc(NC4CCCCC4)s3)cc2)CC1. The predicted molar refractivity (Wildman–Crippen MR) is 161 cm³/mol. The largest absolute Gasteiger partial charge is 0.369 e. The molecule has 0 bridgehead atoms. The van der Waals surface area contributed by atoms with Crippen molar-refractivity contribution >= 4 is 37.9 Å². The van der Waals surface area contributed by atoms with E-state index in [0.717, 1.165) is 59.8 Å². The van der Waals surface area contributed by atoms with E-state index in [0.29, 0.717) is 19.1 Å². The number of hydrogen-bond donors (Lipinski definition) is 2. The van der Waals surface area contributed by atoms with Crippen LogP contribution >= 0.6 is 11.3 Å². The van der Waals surface area contributed by atoms with Crippen molar-refractivity contribution in [3.05, 3.63) is 30.5 Å². The summed E-state index contributed by atoms with van der Waals surface area (Å²) < 4.78 is 23.1. The van der Waals surface area contributed by atoms with Crippen molar-refractivity contribution in [2.75, 3.05) is 34.8 Å². The second-order valence-corrected chi connectivity index (χ2v) is 15.0. The number of nitrogens with one attached hydrogen (secondary N) is 2. The number of carbonyl (C=O) groups is 1. The molecule has 1 saturated heterocycles. The first kappa shape index (κ1) is 28.9. The smallest absolute Gasteiger partial charge is 0.224 e. The molecule has 0 unspecified atom stereocenters. The fourth-order valence-corrected chi connectivity index (χ4v) is 7.90. The zero-order valence-corrected chi connectivity index (χ0v) is 24.9. The van der Waals surface area contributed by atoms with Crippen LogP contribution in [0.4, 0.5) is 10.8 Å². The van der Waals surface area contributed by atoms with Gasteiger partial charge in [0.15, 0.2) is 15.0 Å². The molecule has 3 aliphatic carbocycles. The molecule has 6 rings (SSSR count). The first-order chi connectivity index (χ1) is 19.3. The van der Waals surface area contributed by atoms with Crippen molar-refractivity contribution in [3.8, 4) is 16.5 Å². The molecule has 3 saturated carbocycles. The third kappa shape index (κ3) is 7.76. The zero-order chi connectivity index (χ0) is 28.0. The van der Waals surface area contributed by atoms with E-state index in [2.05, 4.69) is 50.9 Å². The Balaban J connectivity index is 0.000000194. The summed E-state index contributed by atoms with van der Waals surface area (Å²) in [5, 5.41) is 16.3. The normalized spacial score (nSPS) is 22.3. The Morgan fingerprint density at radius 3 is 2.20 bits per heavy atom. The van der Waals surface area contributed by atoms with Crippen molar-refractivity contribution in [3.63, 3.8) is 0 Å². The molecule has 1 amide bonds. The molecule has 4 aliphatic rings. The number of hydrogen-bond acceptors (Lipinski definition) is 8. The maximum atomic E-state index is 11.8. The van der Waals surface area contributed by atoms with Crippen LogP contribution in [0.2, 0.25) is 0 Å². The fraction of sp³-hybridized carbons (Fsp3) is 0.633. The van der Waals surface area contributed by atoms with E-state index in [4.69, 9.17) is 5.26 Å². The topological polar surface area (TPSA) is 115 Å². The molecule has 40 heavy (non-hydrogen) atoms. The first-order valence-corrected chi connectivity index (χ1v) is 17.5. The molecule has 4 fully saturated rings. The maximum Gasteiger partial charge on any atom is 0.224 e. The number of benzene rings is 1. The second kappa shape index (κ2) is 12.9. The summed E-state index contributed by atoms with van der Waals surface area (Å²) in [5.74, 6) is 0.790. The van der Waals surface area contributed by atoms with Crippen LogP contribution in [-0.4, -0.2) is 55.5 Å². The van der Waals surface area contributed by atoms with Gasteiger partial charge in [-0.3, -0.25) is 4.79 Å².